The summed E-state index contributed by atoms with van der Waals surface area (Å²) in [7, 11) is 0. The van der Waals surface area contributed by atoms with E-state index in [0.29, 0.717) is 17.1 Å². The van der Waals surface area contributed by atoms with E-state index in [-0.39, 0.29) is 21.3 Å². The number of furan rings is 1. The number of carboxylic acids is 1. The van der Waals surface area contributed by atoms with Gasteiger partial charge in [0.15, 0.2) is 0 Å². The predicted octanol–water partition coefficient (Wildman–Crippen LogP) is 4.75. The number of nitrogens with zero attached hydrogens (tertiary/aromatic N) is 2. The second kappa shape index (κ2) is 9.39. The van der Waals surface area contributed by atoms with Gasteiger partial charge in [-0.2, -0.15) is 0 Å². The van der Waals surface area contributed by atoms with Crippen molar-refractivity contribution in [1.29, 1.82) is 0 Å². The molecule has 0 bridgehead atoms. The van der Waals surface area contributed by atoms with E-state index in [2.05, 4.69) is 0 Å². The van der Waals surface area contributed by atoms with E-state index in [9.17, 15) is 24.8 Å². The molecule has 1 aliphatic heterocycles. The molecular weight excluding hydrogens is 464 g/mol. The topological polar surface area (TPSA) is 114 Å². The van der Waals surface area contributed by atoms with Gasteiger partial charge in [-0.05, 0) is 17.7 Å². The molecule has 33 heavy (non-hydrogen) atoms. The minimum absolute atomic E-state index is 0.0653. The van der Waals surface area contributed by atoms with E-state index in [4.69, 9.17) is 16.6 Å². The molecule has 0 radical (unpaired) electrons. The molecule has 1 amide bonds. The van der Waals surface area contributed by atoms with Crippen LogP contribution in [0.15, 0.2) is 76.1 Å². The second-order valence-electron chi connectivity index (χ2n) is 7.10. The van der Waals surface area contributed by atoms with Gasteiger partial charge in [-0.15, -0.1) is 0 Å². The molecule has 1 N–H and O–H groups in total. The molecule has 1 aliphatic rings. The number of benzene rings is 2. The summed E-state index contributed by atoms with van der Waals surface area (Å²) in [6, 6.07) is 17.1. The maximum atomic E-state index is 13.0. The van der Waals surface area contributed by atoms with Crippen LogP contribution in [0.3, 0.4) is 0 Å². The monoisotopic (exact) mass is 480 g/mol. The summed E-state index contributed by atoms with van der Waals surface area (Å²) in [6.07, 6.45) is 1.61. The number of carbonyl (C=O) groups is 2. The molecule has 1 aromatic heterocycles. The Morgan fingerprint density at radius 2 is 1.94 bits per heavy atom. The number of hydrogen-bond acceptors (Lipinski definition) is 7. The van der Waals surface area contributed by atoms with Crippen molar-refractivity contribution in [2.45, 2.75) is 12.5 Å². The molecule has 2 aromatic carbocycles. The smallest absolute Gasteiger partial charge is 0.327 e. The lowest BCUT2D eigenvalue weighted by atomic mass is 10.0. The molecule has 1 unspecified atom stereocenters. The lowest BCUT2D eigenvalue weighted by Crippen LogP contribution is -2.45. The number of carboxylic acid groups (broad SMARTS) is 1. The molecule has 0 aliphatic carbocycles. The third-order valence-electron chi connectivity index (χ3n) is 4.93. The zero-order valence-electron chi connectivity index (χ0n) is 16.9. The van der Waals surface area contributed by atoms with Crippen molar-refractivity contribution in [2.75, 3.05) is 0 Å². The molecule has 2 heterocycles. The molecule has 1 atom stereocenters. The molecule has 1 saturated heterocycles. The number of amides is 1. The van der Waals surface area contributed by atoms with Crippen molar-refractivity contribution < 1.29 is 24.0 Å². The molecule has 3 aromatic rings. The molecular formula is C23H16N2O6S2. The first kappa shape index (κ1) is 22.4. The van der Waals surface area contributed by atoms with Crippen molar-refractivity contribution in [3.05, 3.63) is 93.1 Å². The van der Waals surface area contributed by atoms with Gasteiger partial charge in [-0.3, -0.25) is 19.8 Å². The molecule has 1 fully saturated rings. The largest absolute Gasteiger partial charge is 0.480 e. The highest BCUT2D eigenvalue weighted by Gasteiger charge is 2.40. The average Bonchev–Trinajstić information content (AvgIpc) is 3.37. The fourth-order valence-electron chi connectivity index (χ4n) is 3.36. The van der Waals surface area contributed by atoms with Gasteiger partial charge < -0.3 is 9.52 Å². The minimum Gasteiger partial charge on any atom is -0.480 e. The minimum atomic E-state index is -1.15. The highest BCUT2D eigenvalue weighted by Crippen LogP contribution is 2.36. The van der Waals surface area contributed by atoms with Crippen LogP contribution in [0.25, 0.3) is 17.4 Å². The zero-order chi connectivity index (χ0) is 23.5. The van der Waals surface area contributed by atoms with Crippen LogP contribution in [0, 0.1) is 10.1 Å². The van der Waals surface area contributed by atoms with E-state index < -0.39 is 22.8 Å². The fourth-order valence-corrected chi connectivity index (χ4v) is 4.70. The molecule has 10 heteroatoms. The van der Waals surface area contributed by atoms with Gasteiger partial charge in [0.25, 0.3) is 11.6 Å². The lowest BCUT2D eigenvalue weighted by molar-refractivity contribution is -0.384. The van der Waals surface area contributed by atoms with Crippen LogP contribution in [-0.4, -0.2) is 37.2 Å². The van der Waals surface area contributed by atoms with Gasteiger partial charge in [0.05, 0.1) is 9.83 Å². The number of thiocarbonyl (C=S) groups is 1. The van der Waals surface area contributed by atoms with Crippen LogP contribution < -0.4 is 0 Å². The Morgan fingerprint density at radius 3 is 2.64 bits per heavy atom. The predicted molar refractivity (Wildman–Crippen MR) is 127 cm³/mol. The maximum absolute atomic E-state index is 13.0. The number of nitro groups is 1. The van der Waals surface area contributed by atoms with E-state index in [1.54, 1.807) is 48.5 Å². The van der Waals surface area contributed by atoms with Gasteiger partial charge in [-0.25, -0.2) is 4.79 Å². The summed E-state index contributed by atoms with van der Waals surface area (Å²) in [6.45, 7) is 0. The number of thioether (sulfide) groups is 1. The van der Waals surface area contributed by atoms with E-state index in [1.807, 2.05) is 6.07 Å². The SMILES string of the molecule is O=C(O)C(Cc1ccccc1)N1C(=O)C(=Cc2ccc(-c3cccc([N+](=O)[O-])c3)o2)SC1=S. The molecule has 4 rings (SSSR count). The zero-order valence-corrected chi connectivity index (χ0v) is 18.5. The summed E-state index contributed by atoms with van der Waals surface area (Å²) >= 11 is 6.31. The van der Waals surface area contributed by atoms with Gasteiger partial charge in [0.2, 0.25) is 0 Å². The number of non-ortho nitro benzene ring substituents is 1. The van der Waals surface area contributed by atoms with E-state index in [1.165, 1.54) is 18.2 Å². The maximum Gasteiger partial charge on any atom is 0.327 e. The highest BCUT2D eigenvalue weighted by atomic mass is 32.2. The van der Waals surface area contributed by atoms with Crippen molar-refractivity contribution in [1.82, 2.24) is 4.90 Å². The summed E-state index contributed by atoms with van der Waals surface area (Å²) in [5.41, 5.74) is 1.23. The van der Waals surface area contributed by atoms with Gasteiger partial charge >= 0.3 is 5.97 Å². The Balaban J connectivity index is 1.57. The Labute approximate surface area is 197 Å². The molecule has 8 nitrogen and oxygen atoms in total. The number of carbonyl (C=O) groups excluding carboxylic acids is 1. The van der Waals surface area contributed by atoms with Crippen LogP contribution in [0.1, 0.15) is 11.3 Å². The third kappa shape index (κ3) is 4.86. The van der Waals surface area contributed by atoms with Gasteiger partial charge in [0.1, 0.15) is 21.9 Å². The van der Waals surface area contributed by atoms with Crippen molar-refractivity contribution in [3.63, 3.8) is 0 Å². The van der Waals surface area contributed by atoms with Crippen LogP contribution in [0.5, 0.6) is 0 Å². The quantitative estimate of drug-likeness (QED) is 0.223. The molecule has 0 spiro atoms. The van der Waals surface area contributed by atoms with Crippen molar-refractivity contribution in [3.8, 4) is 11.3 Å². The van der Waals surface area contributed by atoms with Crippen LogP contribution in [-0.2, 0) is 16.0 Å². The van der Waals surface area contributed by atoms with Crippen LogP contribution in [0.4, 0.5) is 5.69 Å². The lowest BCUT2D eigenvalue weighted by Gasteiger charge is -2.23. The summed E-state index contributed by atoms with van der Waals surface area (Å²) in [5.74, 6) is -0.927. The summed E-state index contributed by atoms with van der Waals surface area (Å²) in [4.78, 5) is 36.8. The number of rotatable bonds is 7. The molecule has 166 valence electrons. The van der Waals surface area contributed by atoms with Crippen LogP contribution in [0.2, 0.25) is 0 Å². The Hall–Kier alpha value is -3.76. The molecule has 0 saturated carbocycles. The van der Waals surface area contributed by atoms with E-state index in [0.717, 1.165) is 22.2 Å². The number of aliphatic carboxylic acids is 1. The van der Waals surface area contributed by atoms with Crippen LogP contribution >= 0.6 is 24.0 Å². The first-order valence-electron chi connectivity index (χ1n) is 9.72. The van der Waals surface area contributed by atoms with Crippen molar-refractivity contribution >= 4 is 51.9 Å². The Morgan fingerprint density at radius 1 is 1.18 bits per heavy atom. The fraction of sp³-hybridized carbons (Fsp3) is 0.0870. The Bertz CT molecular complexity index is 1280. The Kier molecular flexibility index (Phi) is 6.38. The summed E-state index contributed by atoms with van der Waals surface area (Å²) < 4.78 is 5.90. The summed E-state index contributed by atoms with van der Waals surface area (Å²) in [5, 5.41) is 20.8. The first-order chi connectivity index (χ1) is 15.8. The number of hydrogen-bond donors (Lipinski definition) is 1. The number of nitro benzene ring substituents is 1. The average molecular weight is 481 g/mol. The highest BCUT2D eigenvalue weighted by molar-refractivity contribution is 8.26. The second-order valence-corrected chi connectivity index (χ2v) is 8.78. The van der Waals surface area contributed by atoms with Crippen molar-refractivity contribution in [2.24, 2.45) is 0 Å². The van der Waals surface area contributed by atoms with E-state index >= 15 is 0 Å². The van der Waals surface area contributed by atoms with Gasteiger partial charge in [-0.1, -0.05) is 66.4 Å². The normalized spacial score (nSPS) is 15.8. The van der Waals surface area contributed by atoms with Gasteiger partial charge in [0, 0.05) is 30.2 Å². The standard InChI is InChI=1S/C23H16N2O6S2/c26-21-20(13-17-9-10-19(31-17)15-7-4-8-16(12-15)25(29)30)33-23(32)24(21)18(22(27)28)11-14-5-2-1-3-6-14/h1-10,12-13,18H,11H2,(H,27,28). The third-order valence-corrected chi connectivity index (χ3v) is 6.26. The first-order valence-corrected chi connectivity index (χ1v) is 10.9.